The zero-order valence-corrected chi connectivity index (χ0v) is 14.1. The first-order valence-electron chi connectivity index (χ1n) is 7.04. The fraction of sp³-hybridized carbons (Fsp3) is 0.357. The lowest BCUT2D eigenvalue weighted by atomic mass is 10.2. The summed E-state index contributed by atoms with van der Waals surface area (Å²) in [6, 6.07) is 6.82. The van der Waals surface area contributed by atoms with Gasteiger partial charge >= 0.3 is 0 Å². The smallest absolute Gasteiger partial charge is 0.271 e. The highest BCUT2D eigenvalue weighted by molar-refractivity contribution is 7.15. The van der Waals surface area contributed by atoms with Crippen LogP contribution < -0.4 is 10.6 Å². The van der Waals surface area contributed by atoms with Crippen molar-refractivity contribution in [1.29, 1.82) is 0 Å². The monoisotopic (exact) mass is 355 g/mol. The minimum Gasteiger partial charge on any atom is -0.375 e. The highest BCUT2D eigenvalue weighted by atomic mass is 35.5. The van der Waals surface area contributed by atoms with Crippen LogP contribution in [0.3, 0.4) is 0 Å². The van der Waals surface area contributed by atoms with Crippen molar-refractivity contribution in [2.75, 3.05) is 36.8 Å². The van der Waals surface area contributed by atoms with Gasteiger partial charge in [-0.3, -0.25) is 15.0 Å². The number of nitrogen functional groups attached to an aromatic ring is 1. The second-order valence-electron chi connectivity index (χ2n) is 5.20. The Morgan fingerprint density at radius 2 is 2.04 bits per heavy atom. The molecule has 0 atom stereocenters. The van der Waals surface area contributed by atoms with Gasteiger partial charge in [-0.1, -0.05) is 6.07 Å². The summed E-state index contributed by atoms with van der Waals surface area (Å²) >= 11 is 1.52. The molecule has 9 heteroatoms. The number of rotatable bonds is 4. The number of nitrogens with zero attached hydrogens (tertiary/aromatic N) is 4. The maximum Gasteiger partial charge on any atom is 0.271 e. The lowest BCUT2D eigenvalue weighted by Crippen LogP contribution is -2.45. The number of non-ortho nitro benzene ring substituents is 1. The molecular formula is C14H18ClN5O2S. The van der Waals surface area contributed by atoms with Gasteiger partial charge in [-0.25, -0.2) is 4.98 Å². The summed E-state index contributed by atoms with van der Waals surface area (Å²) in [4.78, 5) is 20.3. The fourth-order valence-corrected chi connectivity index (χ4v) is 3.31. The first-order chi connectivity index (χ1) is 10.6. The predicted octanol–water partition coefficient (Wildman–Crippen LogP) is 2.38. The van der Waals surface area contributed by atoms with E-state index in [2.05, 4.69) is 14.8 Å². The first kappa shape index (κ1) is 17.5. The molecule has 0 saturated carbocycles. The third-order valence-electron chi connectivity index (χ3n) is 3.73. The van der Waals surface area contributed by atoms with Gasteiger partial charge in [-0.05, 0) is 6.07 Å². The summed E-state index contributed by atoms with van der Waals surface area (Å²) in [6.07, 6.45) is 1.83. The van der Waals surface area contributed by atoms with E-state index in [-0.39, 0.29) is 23.0 Å². The van der Waals surface area contributed by atoms with Crippen LogP contribution in [0.2, 0.25) is 0 Å². The third kappa shape index (κ3) is 4.31. The third-order valence-corrected chi connectivity index (χ3v) is 4.54. The molecule has 0 amide bonds. The topological polar surface area (TPSA) is 88.5 Å². The maximum absolute atomic E-state index is 10.9. The predicted molar refractivity (Wildman–Crippen MR) is 94.4 cm³/mol. The Morgan fingerprint density at radius 1 is 1.30 bits per heavy atom. The minimum atomic E-state index is -0.353. The molecule has 0 bridgehead atoms. The van der Waals surface area contributed by atoms with Crippen LogP contribution in [0.1, 0.15) is 4.88 Å². The van der Waals surface area contributed by atoms with E-state index in [4.69, 9.17) is 5.73 Å². The van der Waals surface area contributed by atoms with Crippen LogP contribution in [-0.2, 0) is 6.54 Å². The van der Waals surface area contributed by atoms with Gasteiger partial charge in [0.1, 0.15) is 0 Å². The van der Waals surface area contributed by atoms with E-state index >= 15 is 0 Å². The van der Waals surface area contributed by atoms with Gasteiger partial charge in [0.25, 0.3) is 5.69 Å². The molecule has 0 aliphatic carbocycles. The van der Waals surface area contributed by atoms with Gasteiger partial charge in [-0.2, -0.15) is 0 Å². The van der Waals surface area contributed by atoms with Crippen molar-refractivity contribution >= 4 is 40.3 Å². The number of nitrogens with two attached hydrogens (primary N) is 1. The second-order valence-corrected chi connectivity index (χ2v) is 6.35. The Kier molecular flexibility index (Phi) is 5.75. The lowest BCUT2D eigenvalue weighted by molar-refractivity contribution is -0.384. The van der Waals surface area contributed by atoms with E-state index < -0.39 is 0 Å². The van der Waals surface area contributed by atoms with Crippen molar-refractivity contribution in [2.45, 2.75) is 6.54 Å². The van der Waals surface area contributed by atoms with Crippen molar-refractivity contribution < 1.29 is 4.92 Å². The molecule has 1 fully saturated rings. The van der Waals surface area contributed by atoms with E-state index in [9.17, 15) is 10.1 Å². The van der Waals surface area contributed by atoms with Crippen LogP contribution in [0.4, 0.5) is 16.5 Å². The Balaban J connectivity index is 0.00000192. The van der Waals surface area contributed by atoms with E-state index in [1.54, 1.807) is 12.1 Å². The molecule has 1 saturated heterocycles. The molecule has 0 spiro atoms. The van der Waals surface area contributed by atoms with Crippen molar-refractivity contribution in [3.05, 3.63) is 45.5 Å². The van der Waals surface area contributed by atoms with Gasteiger partial charge in [0, 0.05) is 61.6 Å². The van der Waals surface area contributed by atoms with E-state index in [0.29, 0.717) is 5.13 Å². The fourth-order valence-electron chi connectivity index (χ4n) is 2.58. The number of hydrogen-bond acceptors (Lipinski definition) is 7. The summed E-state index contributed by atoms with van der Waals surface area (Å²) < 4.78 is 0. The van der Waals surface area contributed by atoms with Crippen LogP contribution in [0.5, 0.6) is 0 Å². The standard InChI is InChI=1S/C14H17N5O2S.ClH/c15-14-16-9-13(22-14)10-17-4-6-18(7-5-17)11-2-1-3-12(8-11)19(20)21;/h1-3,8-9H,4-7,10H2,(H2,15,16);1H. The summed E-state index contributed by atoms with van der Waals surface area (Å²) in [6.45, 7) is 4.41. The van der Waals surface area contributed by atoms with Crippen molar-refractivity contribution in [3.8, 4) is 0 Å². The second kappa shape index (κ2) is 7.58. The average Bonchev–Trinajstić information content (AvgIpc) is 2.93. The van der Waals surface area contributed by atoms with E-state index in [0.717, 1.165) is 38.4 Å². The minimum absolute atomic E-state index is 0. The number of thiazole rings is 1. The Labute approximate surface area is 144 Å². The van der Waals surface area contributed by atoms with Crippen LogP contribution in [0, 0.1) is 10.1 Å². The number of benzene rings is 1. The van der Waals surface area contributed by atoms with Gasteiger partial charge in [0.2, 0.25) is 0 Å². The molecule has 1 aromatic carbocycles. The Hall–Kier alpha value is -1.90. The van der Waals surface area contributed by atoms with Crippen LogP contribution >= 0.6 is 23.7 Å². The van der Waals surface area contributed by atoms with Crippen LogP contribution in [0.25, 0.3) is 0 Å². The largest absolute Gasteiger partial charge is 0.375 e. The SMILES string of the molecule is Cl.Nc1ncc(CN2CCN(c3cccc([N+](=O)[O-])c3)CC2)s1. The molecular weight excluding hydrogens is 338 g/mol. The number of piperazine rings is 1. The normalized spacial score (nSPS) is 15.2. The average molecular weight is 356 g/mol. The quantitative estimate of drug-likeness (QED) is 0.669. The van der Waals surface area contributed by atoms with Crippen molar-refractivity contribution in [3.63, 3.8) is 0 Å². The molecule has 0 unspecified atom stereocenters. The number of nitro groups is 1. The molecule has 1 aliphatic rings. The van der Waals surface area contributed by atoms with Gasteiger partial charge in [0.15, 0.2) is 5.13 Å². The molecule has 1 aliphatic heterocycles. The molecule has 23 heavy (non-hydrogen) atoms. The van der Waals surface area contributed by atoms with Gasteiger partial charge in [-0.15, -0.1) is 23.7 Å². The first-order valence-corrected chi connectivity index (χ1v) is 7.85. The number of anilines is 2. The Morgan fingerprint density at radius 3 is 2.65 bits per heavy atom. The van der Waals surface area contributed by atoms with E-state index in [1.165, 1.54) is 22.3 Å². The molecule has 2 N–H and O–H groups in total. The van der Waals surface area contributed by atoms with Gasteiger partial charge in [0.05, 0.1) is 4.92 Å². The molecule has 3 rings (SSSR count). The summed E-state index contributed by atoms with van der Waals surface area (Å²) in [5.41, 5.74) is 6.70. The lowest BCUT2D eigenvalue weighted by Gasteiger charge is -2.35. The molecule has 0 radical (unpaired) electrons. The highest BCUT2D eigenvalue weighted by Gasteiger charge is 2.19. The molecule has 2 heterocycles. The summed E-state index contributed by atoms with van der Waals surface area (Å²) in [5, 5.41) is 11.5. The molecule has 1 aromatic heterocycles. The summed E-state index contributed by atoms with van der Waals surface area (Å²) in [5.74, 6) is 0. The molecule has 2 aromatic rings. The van der Waals surface area contributed by atoms with Crippen molar-refractivity contribution in [2.24, 2.45) is 0 Å². The zero-order valence-electron chi connectivity index (χ0n) is 12.4. The highest BCUT2D eigenvalue weighted by Crippen LogP contribution is 2.23. The van der Waals surface area contributed by atoms with Crippen LogP contribution in [0.15, 0.2) is 30.5 Å². The van der Waals surface area contributed by atoms with Crippen LogP contribution in [-0.4, -0.2) is 41.0 Å². The number of aromatic nitrogens is 1. The number of nitro benzene ring substituents is 1. The summed E-state index contributed by atoms with van der Waals surface area (Å²) in [7, 11) is 0. The molecule has 124 valence electrons. The number of halogens is 1. The zero-order chi connectivity index (χ0) is 15.5. The van der Waals surface area contributed by atoms with E-state index in [1.807, 2.05) is 12.3 Å². The number of hydrogen-bond donors (Lipinski definition) is 1. The van der Waals surface area contributed by atoms with Gasteiger partial charge < -0.3 is 10.6 Å². The molecule has 7 nitrogen and oxygen atoms in total. The maximum atomic E-state index is 10.9. The Bertz CT molecular complexity index is 673. The van der Waals surface area contributed by atoms with Crippen molar-refractivity contribution in [1.82, 2.24) is 9.88 Å².